The molecule has 2 heterocycles. The molecule has 2 aromatic rings. The third-order valence-electron chi connectivity index (χ3n) is 5.66. The highest BCUT2D eigenvalue weighted by atomic mass is 16.3. The summed E-state index contributed by atoms with van der Waals surface area (Å²) in [5.41, 5.74) is 2.21. The lowest BCUT2D eigenvalue weighted by molar-refractivity contribution is -0.136. The van der Waals surface area contributed by atoms with E-state index in [9.17, 15) is 9.90 Å². The molecule has 0 bridgehead atoms. The highest BCUT2D eigenvalue weighted by Crippen LogP contribution is 2.28. The van der Waals surface area contributed by atoms with E-state index < -0.39 is 0 Å². The molecule has 2 fully saturated rings. The molecule has 0 unspecified atom stereocenters. The third kappa shape index (κ3) is 3.93. The van der Waals surface area contributed by atoms with Gasteiger partial charge in [-0.05, 0) is 42.7 Å². The lowest BCUT2D eigenvalue weighted by atomic mass is 10.0. The molecule has 2 saturated heterocycles. The number of carbonyl (C=O) groups is 1. The molecule has 0 aliphatic carbocycles. The van der Waals surface area contributed by atoms with Crippen molar-refractivity contribution < 1.29 is 9.90 Å². The first kappa shape index (κ1) is 17.9. The van der Waals surface area contributed by atoms with Crippen LogP contribution in [-0.4, -0.2) is 60.1 Å². The first-order valence-electron chi connectivity index (χ1n) is 9.84. The Hall–Kier alpha value is -2.53. The molecule has 142 valence electrons. The second-order valence-electron chi connectivity index (χ2n) is 7.39. The first-order chi connectivity index (χ1) is 13.2. The van der Waals surface area contributed by atoms with Gasteiger partial charge in [-0.15, -0.1) is 0 Å². The molecule has 0 radical (unpaired) electrons. The molecular formula is C22H27N3O2. The standard InChI is InChI=1S/C22H27N3O2/c26-20-10-8-19(9-11-20)23-14-16-24(17-15-23)21(18-6-2-1-3-7-18)22(27)25-12-4-5-13-25/h1-3,6-11,21,26H,4-5,12-17H2/t21-/m0/s1. The minimum absolute atomic E-state index is 0.189. The molecule has 0 aromatic heterocycles. The fraction of sp³-hybridized carbons (Fsp3) is 0.409. The van der Waals surface area contributed by atoms with Gasteiger partial charge in [-0.2, -0.15) is 0 Å². The maximum atomic E-state index is 13.3. The summed E-state index contributed by atoms with van der Waals surface area (Å²) < 4.78 is 0. The summed E-state index contributed by atoms with van der Waals surface area (Å²) in [6.45, 7) is 5.22. The Morgan fingerprint density at radius 3 is 2.07 bits per heavy atom. The highest BCUT2D eigenvalue weighted by Gasteiger charge is 2.34. The van der Waals surface area contributed by atoms with Gasteiger partial charge in [0.2, 0.25) is 5.91 Å². The fourth-order valence-electron chi connectivity index (χ4n) is 4.16. The van der Waals surface area contributed by atoms with Crippen LogP contribution in [0, 0.1) is 0 Å². The summed E-state index contributed by atoms with van der Waals surface area (Å²) in [6, 6.07) is 17.4. The molecule has 1 amide bonds. The zero-order valence-corrected chi connectivity index (χ0v) is 15.6. The van der Waals surface area contributed by atoms with Gasteiger partial charge < -0.3 is 14.9 Å². The Labute approximate surface area is 160 Å². The predicted molar refractivity (Wildman–Crippen MR) is 107 cm³/mol. The highest BCUT2D eigenvalue weighted by molar-refractivity contribution is 5.83. The van der Waals surface area contributed by atoms with Gasteiger partial charge in [-0.25, -0.2) is 0 Å². The molecule has 2 aliphatic heterocycles. The Bertz CT molecular complexity index is 749. The number of amides is 1. The minimum Gasteiger partial charge on any atom is -0.508 e. The van der Waals surface area contributed by atoms with Gasteiger partial charge in [0, 0.05) is 45.0 Å². The zero-order valence-electron chi connectivity index (χ0n) is 15.6. The molecular weight excluding hydrogens is 338 g/mol. The smallest absolute Gasteiger partial charge is 0.244 e. The largest absolute Gasteiger partial charge is 0.508 e. The second-order valence-corrected chi connectivity index (χ2v) is 7.39. The summed E-state index contributed by atoms with van der Waals surface area (Å²) in [4.78, 5) is 20.0. The number of anilines is 1. The Kier molecular flexibility index (Phi) is 5.30. The van der Waals surface area contributed by atoms with E-state index in [1.54, 1.807) is 12.1 Å². The molecule has 5 nitrogen and oxygen atoms in total. The van der Waals surface area contributed by atoms with E-state index in [-0.39, 0.29) is 17.7 Å². The van der Waals surface area contributed by atoms with Crippen LogP contribution in [0.5, 0.6) is 5.75 Å². The number of phenolic OH excluding ortho intramolecular Hbond substituents is 1. The predicted octanol–water partition coefficient (Wildman–Crippen LogP) is 2.88. The van der Waals surface area contributed by atoms with Crippen LogP contribution in [0.15, 0.2) is 54.6 Å². The van der Waals surface area contributed by atoms with Gasteiger partial charge in [0.25, 0.3) is 0 Å². The van der Waals surface area contributed by atoms with Crippen molar-refractivity contribution in [1.29, 1.82) is 0 Å². The molecule has 5 heteroatoms. The van der Waals surface area contributed by atoms with Crippen molar-refractivity contribution in [2.75, 3.05) is 44.2 Å². The van der Waals surface area contributed by atoms with E-state index in [4.69, 9.17) is 0 Å². The van der Waals surface area contributed by atoms with E-state index in [0.717, 1.165) is 63.4 Å². The van der Waals surface area contributed by atoms with Crippen LogP contribution in [0.2, 0.25) is 0 Å². The monoisotopic (exact) mass is 365 g/mol. The van der Waals surface area contributed by atoms with Crippen molar-refractivity contribution in [1.82, 2.24) is 9.80 Å². The summed E-state index contributed by atoms with van der Waals surface area (Å²) in [5, 5.41) is 9.49. The summed E-state index contributed by atoms with van der Waals surface area (Å²) in [5.74, 6) is 0.537. The van der Waals surface area contributed by atoms with E-state index >= 15 is 0 Å². The lowest BCUT2D eigenvalue weighted by Gasteiger charge is -2.40. The van der Waals surface area contributed by atoms with E-state index in [0.29, 0.717) is 0 Å². The molecule has 0 spiro atoms. The number of benzene rings is 2. The number of aromatic hydroxyl groups is 1. The maximum Gasteiger partial charge on any atom is 0.244 e. The first-order valence-corrected chi connectivity index (χ1v) is 9.84. The van der Waals surface area contributed by atoms with Crippen molar-refractivity contribution in [2.45, 2.75) is 18.9 Å². The van der Waals surface area contributed by atoms with Crippen molar-refractivity contribution in [3.8, 4) is 5.75 Å². The number of hydrogen-bond acceptors (Lipinski definition) is 4. The van der Waals surface area contributed by atoms with Crippen molar-refractivity contribution >= 4 is 11.6 Å². The van der Waals surface area contributed by atoms with Gasteiger partial charge >= 0.3 is 0 Å². The number of carbonyl (C=O) groups excluding carboxylic acids is 1. The Morgan fingerprint density at radius 1 is 0.815 bits per heavy atom. The van der Waals surface area contributed by atoms with E-state index in [2.05, 4.69) is 21.9 Å². The summed E-state index contributed by atoms with van der Waals surface area (Å²) in [7, 11) is 0. The van der Waals surface area contributed by atoms with Crippen molar-refractivity contribution in [3.63, 3.8) is 0 Å². The van der Waals surface area contributed by atoms with Crippen LogP contribution in [0.4, 0.5) is 5.69 Å². The molecule has 2 aromatic carbocycles. The number of nitrogens with zero attached hydrogens (tertiary/aromatic N) is 3. The van der Waals surface area contributed by atoms with Crippen LogP contribution in [-0.2, 0) is 4.79 Å². The van der Waals surface area contributed by atoms with Gasteiger partial charge in [0.15, 0.2) is 0 Å². The Morgan fingerprint density at radius 2 is 1.44 bits per heavy atom. The topological polar surface area (TPSA) is 47.0 Å². The number of piperazine rings is 1. The lowest BCUT2D eigenvalue weighted by Crippen LogP contribution is -2.51. The second kappa shape index (κ2) is 8.01. The average molecular weight is 365 g/mol. The summed E-state index contributed by atoms with van der Waals surface area (Å²) >= 11 is 0. The normalized spacial score (nSPS) is 19.3. The fourth-order valence-corrected chi connectivity index (χ4v) is 4.16. The maximum absolute atomic E-state index is 13.3. The van der Waals surface area contributed by atoms with Gasteiger partial charge in [0.1, 0.15) is 11.8 Å². The number of rotatable bonds is 4. The van der Waals surface area contributed by atoms with Crippen LogP contribution in [0.3, 0.4) is 0 Å². The Balaban J connectivity index is 1.49. The zero-order chi connectivity index (χ0) is 18.6. The number of phenols is 1. The van der Waals surface area contributed by atoms with Crippen LogP contribution in [0.1, 0.15) is 24.4 Å². The molecule has 1 N–H and O–H groups in total. The quantitative estimate of drug-likeness (QED) is 0.905. The van der Waals surface area contributed by atoms with Crippen molar-refractivity contribution in [2.24, 2.45) is 0 Å². The molecule has 4 rings (SSSR count). The van der Waals surface area contributed by atoms with E-state index in [1.807, 2.05) is 35.2 Å². The van der Waals surface area contributed by atoms with Crippen LogP contribution >= 0.6 is 0 Å². The minimum atomic E-state index is -0.189. The van der Waals surface area contributed by atoms with Crippen molar-refractivity contribution in [3.05, 3.63) is 60.2 Å². The average Bonchev–Trinajstić information content (AvgIpc) is 3.25. The number of hydrogen-bond donors (Lipinski definition) is 1. The summed E-state index contributed by atoms with van der Waals surface area (Å²) in [6.07, 6.45) is 2.23. The number of likely N-dealkylation sites (tertiary alicyclic amines) is 1. The van der Waals surface area contributed by atoms with Gasteiger partial charge in [-0.3, -0.25) is 9.69 Å². The molecule has 0 saturated carbocycles. The van der Waals surface area contributed by atoms with Crippen LogP contribution in [0.25, 0.3) is 0 Å². The van der Waals surface area contributed by atoms with Gasteiger partial charge in [0.05, 0.1) is 0 Å². The SMILES string of the molecule is O=C([C@H](c1ccccc1)N1CCN(c2ccc(O)cc2)CC1)N1CCCC1. The van der Waals surface area contributed by atoms with Gasteiger partial charge in [-0.1, -0.05) is 30.3 Å². The molecule has 2 aliphatic rings. The molecule has 1 atom stereocenters. The molecule has 27 heavy (non-hydrogen) atoms. The third-order valence-corrected chi connectivity index (χ3v) is 5.66. The van der Waals surface area contributed by atoms with E-state index in [1.165, 1.54) is 0 Å². The van der Waals surface area contributed by atoms with Crippen LogP contribution < -0.4 is 4.90 Å².